The topological polar surface area (TPSA) is 90.1 Å². The number of anilines is 1. The van der Waals surface area contributed by atoms with Crippen LogP contribution in [0, 0.1) is 6.92 Å². The van der Waals surface area contributed by atoms with E-state index < -0.39 is 0 Å². The van der Waals surface area contributed by atoms with Crippen LogP contribution in [0.25, 0.3) is 0 Å². The first-order valence-corrected chi connectivity index (χ1v) is 6.66. The molecule has 0 bridgehead atoms. The first-order valence-electron chi connectivity index (χ1n) is 6.66. The molecule has 6 heteroatoms. The second-order valence-corrected chi connectivity index (χ2v) is 4.84. The summed E-state index contributed by atoms with van der Waals surface area (Å²) in [6, 6.07) is 8.92. The molecule has 0 saturated heterocycles. The number of carbonyl (C=O) groups excluding carboxylic acids is 1. The van der Waals surface area contributed by atoms with Gasteiger partial charge in [-0.25, -0.2) is 9.97 Å². The van der Waals surface area contributed by atoms with Gasteiger partial charge in [0.2, 0.25) is 5.91 Å². The van der Waals surface area contributed by atoms with Crippen molar-refractivity contribution in [3.05, 3.63) is 42.2 Å². The highest BCUT2D eigenvalue weighted by molar-refractivity contribution is 5.91. The molecule has 6 nitrogen and oxygen atoms in total. The largest absolute Gasteiger partial charge is 0.424 e. The Morgan fingerprint density at radius 1 is 1.33 bits per heavy atom. The van der Waals surface area contributed by atoms with Gasteiger partial charge >= 0.3 is 6.01 Å². The number of amides is 1. The van der Waals surface area contributed by atoms with E-state index >= 15 is 0 Å². The average molecular weight is 286 g/mol. The third-order valence-electron chi connectivity index (χ3n) is 2.63. The summed E-state index contributed by atoms with van der Waals surface area (Å²) in [6.45, 7) is 3.66. The number of ether oxygens (including phenoxy) is 1. The molecule has 1 unspecified atom stereocenters. The smallest absolute Gasteiger partial charge is 0.322 e. The predicted molar refractivity (Wildman–Crippen MR) is 80.2 cm³/mol. The molecule has 2 aromatic rings. The molecule has 0 radical (unpaired) electrons. The number of nitrogens with one attached hydrogen (secondary N) is 1. The quantitative estimate of drug-likeness (QED) is 0.879. The van der Waals surface area contributed by atoms with Crippen molar-refractivity contribution in [2.45, 2.75) is 26.3 Å². The third-order valence-corrected chi connectivity index (χ3v) is 2.63. The average Bonchev–Trinajstić information content (AvgIpc) is 2.40. The highest BCUT2D eigenvalue weighted by Crippen LogP contribution is 2.20. The lowest BCUT2D eigenvalue weighted by Crippen LogP contribution is -2.23. The van der Waals surface area contributed by atoms with Gasteiger partial charge in [-0.3, -0.25) is 4.79 Å². The van der Waals surface area contributed by atoms with E-state index in [9.17, 15) is 4.79 Å². The molecule has 2 rings (SSSR count). The third kappa shape index (κ3) is 4.85. The molecular weight excluding hydrogens is 268 g/mol. The van der Waals surface area contributed by atoms with E-state index in [0.717, 1.165) is 5.69 Å². The minimum atomic E-state index is -0.161. The molecule has 110 valence electrons. The van der Waals surface area contributed by atoms with Crippen molar-refractivity contribution in [3.63, 3.8) is 0 Å². The first kappa shape index (κ1) is 14.9. The van der Waals surface area contributed by atoms with Gasteiger partial charge in [-0.15, -0.1) is 0 Å². The fraction of sp³-hybridized carbons (Fsp3) is 0.267. The normalized spacial score (nSPS) is 11.8. The summed E-state index contributed by atoms with van der Waals surface area (Å²) in [4.78, 5) is 19.8. The van der Waals surface area contributed by atoms with E-state index in [2.05, 4.69) is 15.3 Å². The number of nitrogens with two attached hydrogens (primary N) is 1. The number of hydrogen-bond acceptors (Lipinski definition) is 5. The second kappa shape index (κ2) is 6.81. The number of nitrogens with zero attached hydrogens (tertiary/aromatic N) is 2. The zero-order valence-electron chi connectivity index (χ0n) is 12.0. The zero-order valence-corrected chi connectivity index (χ0v) is 12.0. The Labute approximate surface area is 123 Å². The van der Waals surface area contributed by atoms with Gasteiger partial charge in [0.15, 0.2) is 0 Å². The van der Waals surface area contributed by atoms with E-state index in [0.29, 0.717) is 17.4 Å². The van der Waals surface area contributed by atoms with Gasteiger partial charge in [-0.05, 0) is 44.2 Å². The molecule has 0 fully saturated rings. The molecule has 0 aliphatic rings. The van der Waals surface area contributed by atoms with Crippen molar-refractivity contribution in [1.29, 1.82) is 0 Å². The van der Waals surface area contributed by atoms with Gasteiger partial charge in [-0.1, -0.05) is 0 Å². The van der Waals surface area contributed by atoms with E-state index in [-0.39, 0.29) is 18.4 Å². The Morgan fingerprint density at radius 3 is 2.67 bits per heavy atom. The van der Waals surface area contributed by atoms with Crippen molar-refractivity contribution in [1.82, 2.24) is 9.97 Å². The predicted octanol–water partition coefficient (Wildman–Crippen LogP) is 2.25. The molecule has 0 spiro atoms. The number of rotatable bonds is 5. The van der Waals surface area contributed by atoms with Crippen molar-refractivity contribution in [2.75, 3.05) is 5.32 Å². The Hall–Kier alpha value is -2.47. The number of hydrogen-bond donors (Lipinski definition) is 2. The molecule has 0 aliphatic carbocycles. The summed E-state index contributed by atoms with van der Waals surface area (Å²) in [5.41, 5.74) is 7.10. The summed E-state index contributed by atoms with van der Waals surface area (Å²) in [6.07, 6.45) is 1.93. The van der Waals surface area contributed by atoms with E-state index in [1.54, 1.807) is 43.5 Å². The lowest BCUT2D eigenvalue weighted by atomic mass is 10.2. The van der Waals surface area contributed by atoms with Crippen LogP contribution in [0.1, 0.15) is 19.0 Å². The van der Waals surface area contributed by atoms with Crippen molar-refractivity contribution in [2.24, 2.45) is 5.73 Å². The summed E-state index contributed by atoms with van der Waals surface area (Å²) in [5, 5.41) is 2.77. The second-order valence-electron chi connectivity index (χ2n) is 4.84. The van der Waals surface area contributed by atoms with Crippen LogP contribution in [0.2, 0.25) is 0 Å². The maximum atomic E-state index is 11.6. The molecule has 0 saturated carbocycles. The highest BCUT2D eigenvalue weighted by Gasteiger charge is 2.06. The summed E-state index contributed by atoms with van der Waals surface area (Å²) in [7, 11) is 0. The van der Waals surface area contributed by atoms with Crippen LogP contribution in [-0.4, -0.2) is 21.9 Å². The van der Waals surface area contributed by atoms with E-state index in [4.69, 9.17) is 10.5 Å². The number of aromatic nitrogens is 2. The first-order chi connectivity index (χ1) is 10.0. The maximum Gasteiger partial charge on any atom is 0.322 e. The Kier molecular flexibility index (Phi) is 4.84. The zero-order chi connectivity index (χ0) is 15.2. The van der Waals surface area contributed by atoms with Crippen LogP contribution in [0.3, 0.4) is 0 Å². The van der Waals surface area contributed by atoms with Crippen LogP contribution >= 0.6 is 0 Å². The van der Waals surface area contributed by atoms with Crippen molar-refractivity contribution >= 4 is 11.6 Å². The van der Waals surface area contributed by atoms with Crippen LogP contribution in [0.15, 0.2) is 36.5 Å². The SMILES string of the molecule is Cc1ccnc(Oc2ccc(NC(=O)CC(C)N)cc2)n1. The van der Waals surface area contributed by atoms with E-state index in [1.807, 2.05) is 6.92 Å². The number of benzene rings is 1. The molecule has 3 N–H and O–H groups in total. The molecule has 1 atom stereocenters. The van der Waals surface area contributed by atoms with Gasteiger partial charge in [-0.2, -0.15) is 0 Å². The lowest BCUT2D eigenvalue weighted by Gasteiger charge is -2.08. The lowest BCUT2D eigenvalue weighted by molar-refractivity contribution is -0.116. The molecular formula is C15H18N4O2. The van der Waals surface area contributed by atoms with Gasteiger partial charge in [0.25, 0.3) is 0 Å². The van der Waals surface area contributed by atoms with Crippen LogP contribution in [-0.2, 0) is 4.79 Å². The minimum absolute atomic E-state index is 0.110. The van der Waals surface area contributed by atoms with Gasteiger partial charge in [0.05, 0.1) is 0 Å². The van der Waals surface area contributed by atoms with Crippen LogP contribution in [0.5, 0.6) is 11.8 Å². The molecule has 1 aromatic carbocycles. The molecule has 1 amide bonds. The molecule has 21 heavy (non-hydrogen) atoms. The maximum absolute atomic E-state index is 11.6. The molecule has 0 aliphatic heterocycles. The Bertz CT molecular complexity index is 611. The van der Waals surface area contributed by atoms with Gasteiger partial charge in [0.1, 0.15) is 5.75 Å². The summed E-state index contributed by atoms with van der Waals surface area (Å²) < 4.78 is 5.53. The van der Waals surface area contributed by atoms with Gasteiger partial charge in [0, 0.05) is 30.0 Å². The van der Waals surface area contributed by atoms with Crippen molar-refractivity contribution < 1.29 is 9.53 Å². The highest BCUT2D eigenvalue weighted by atomic mass is 16.5. The molecule has 1 heterocycles. The Morgan fingerprint density at radius 2 is 2.05 bits per heavy atom. The fourth-order valence-electron chi connectivity index (χ4n) is 1.69. The molecule has 1 aromatic heterocycles. The van der Waals surface area contributed by atoms with Crippen LogP contribution < -0.4 is 15.8 Å². The van der Waals surface area contributed by atoms with Crippen molar-refractivity contribution in [3.8, 4) is 11.8 Å². The summed E-state index contributed by atoms with van der Waals surface area (Å²) >= 11 is 0. The number of carbonyl (C=O) groups is 1. The Balaban J connectivity index is 1.97. The van der Waals surface area contributed by atoms with Gasteiger partial charge < -0.3 is 15.8 Å². The minimum Gasteiger partial charge on any atom is -0.424 e. The van der Waals surface area contributed by atoms with E-state index in [1.165, 1.54) is 0 Å². The monoisotopic (exact) mass is 286 g/mol. The van der Waals surface area contributed by atoms with Crippen LogP contribution in [0.4, 0.5) is 5.69 Å². The summed E-state index contributed by atoms with van der Waals surface area (Å²) in [5.74, 6) is 0.492. The fourth-order valence-corrected chi connectivity index (χ4v) is 1.69. The standard InChI is InChI=1S/C15H18N4O2/c1-10(16)9-14(20)19-12-3-5-13(6-4-12)21-15-17-8-7-11(2)18-15/h3-8,10H,9,16H2,1-2H3,(H,19,20). The number of aryl methyl sites for hydroxylation is 1.